The molecule has 0 bridgehead atoms. The summed E-state index contributed by atoms with van der Waals surface area (Å²) in [5.41, 5.74) is 8.94. The van der Waals surface area contributed by atoms with Crippen molar-refractivity contribution in [2.45, 2.75) is 13.0 Å². The van der Waals surface area contributed by atoms with Crippen LogP contribution in [-0.2, 0) is 7.05 Å². The van der Waals surface area contributed by atoms with E-state index in [2.05, 4.69) is 15.3 Å². The van der Waals surface area contributed by atoms with E-state index in [0.717, 1.165) is 17.0 Å². The van der Waals surface area contributed by atoms with Crippen LogP contribution in [-0.4, -0.2) is 20.0 Å². The van der Waals surface area contributed by atoms with Crippen LogP contribution in [0.15, 0.2) is 24.5 Å². The summed E-state index contributed by atoms with van der Waals surface area (Å²) in [4.78, 5) is 4.21. The first-order chi connectivity index (χ1) is 7.20. The van der Waals surface area contributed by atoms with Gasteiger partial charge in [0.15, 0.2) is 0 Å². The van der Waals surface area contributed by atoms with E-state index in [0.29, 0.717) is 0 Å². The van der Waals surface area contributed by atoms with E-state index < -0.39 is 0 Å². The molecule has 0 fully saturated rings. The third-order valence-electron chi connectivity index (χ3n) is 2.45. The minimum Gasteiger partial charge on any atom is -0.319 e. The molecule has 0 aliphatic rings. The van der Waals surface area contributed by atoms with E-state index in [-0.39, 0.29) is 6.04 Å². The summed E-state index contributed by atoms with van der Waals surface area (Å²) in [6, 6.07) is 3.63. The van der Waals surface area contributed by atoms with Gasteiger partial charge in [0.2, 0.25) is 0 Å². The minimum atomic E-state index is -0.223. The molecular weight excluding hydrogens is 190 g/mol. The predicted molar refractivity (Wildman–Crippen MR) is 56.0 cm³/mol. The normalized spacial score (nSPS) is 12.7. The molecule has 15 heavy (non-hydrogen) atoms. The zero-order valence-corrected chi connectivity index (χ0v) is 8.75. The van der Waals surface area contributed by atoms with Gasteiger partial charge in [-0.2, -0.15) is 0 Å². The number of nitrogens with two attached hydrogens (primary N) is 1. The second-order valence-corrected chi connectivity index (χ2v) is 3.44. The van der Waals surface area contributed by atoms with Crippen molar-refractivity contribution < 1.29 is 0 Å². The van der Waals surface area contributed by atoms with Crippen LogP contribution in [0.3, 0.4) is 0 Å². The SMILES string of the molecule is Cc1ncccc1C(N)c1cnnn1C. The van der Waals surface area contributed by atoms with Gasteiger partial charge in [0.05, 0.1) is 17.9 Å². The van der Waals surface area contributed by atoms with Gasteiger partial charge in [-0.15, -0.1) is 5.10 Å². The molecule has 0 amide bonds. The fraction of sp³-hybridized carbons (Fsp3) is 0.300. The van der Waals surface area contributed by atoms with Crippen LogP contribution < -0.4 is 5.73 Å². The van der Waals surface area contributed by atoms with Gasteiger partial charge in [0.25, 0.3) is 0 Å². The number of hydrogen-bond acceptors (Lipinski definition) is 4. The molecule has 2 N–H and O–H groups in total. The topological polar surface area (TPSA) is 69.6 Å². The molecule has 0 aliphatic carbocycles. The molecule has 2 heterocycles. The molecule has 0 aromatic carbocycles. The van der Waals surface area contributed by atoms with Gasteiger partial charge < -0.3 is 5.73 Å². The summed E-state index contributed by atoms with van der Waals surface area (Å²) < 4.78 is 1.68. The maximum atomic E-state index is 6.12. The molecule has 2 aromatic rings. The van der Waals surface area contributed by atoms with Crippen LogP contribution in [0.1, 0.15) is 23.0 Å². The highest BCUT2D eigenvalue weighted by Crippen LogP contribution is 2.19. The summed E-state index contributed by atoms with van der Waals surface area (Å²) in [6.45, 7) is 1.94. The van der Waals surface area contributed by atoms with Crippen LogP contribution >= 0.6 is 0 Å². The third kappa shape index (κ3) is 1.73. The molecule has 0 saturated carbocycles. The first-order valence-corrected chi connectivity index (χ1v) is 4.72. The van der Waals surface area contributed by atoms with E-state index in [1.54, 1.807) is 17.1 Å². The van der Waals surface area contributed by atoms with Gasteiger partial charge in [0.1, 0.15) is 0 Å². The fourth-order valence-electron chi connectivity index (χ4n) is 1.56. The summed E-state index contributed by atoms with van der Waals surface area (Å²) in [6.07, 6.45) is 3.43. The Kier molecular flexibility index (Phi) is 2.47. The molecule has 1 atom stereocenters. The van der Waals surface area contributed by atoms with Gasteiger partial charge in [-0.3, -0.25) is 9.67 Å². The van der Waals surface area contributed by atoms with E-state index >= 15 is 0 Å². The lowest BCUT2D eigenvalue weighted by atomic mass is 10.0. The Hall–Kier alpha value is -1.75. The van der Waals surface area contributed by atoms with Crippen LogP contribution in [0.4, 0.5) is 0 Å². The second kappa shape index (κ2) is 3.78. The monoisotopic (exact) mass is 203 g/mol. The maximum absolute atomic E-state index is 6.12. The zero-order valence-electron chi connectivity index (χ0n) is 8.75. The van der Waals surface area contributed by atoms with Crippen molar-refractivity contribution in [3.8, 4) is 0 Å². The number of aromatic nitrogens is 4. The van der Waals surface area contributed by atoms with E-state index in [4.69, 9.17) is 5.73 Å². The summed E-state index contributed by atoms with van der Waals surface area (Å²) in [5.74, 6) is 0. The standard InChI is InChI=1S/C10H13N5/c1-7-8(4-3-5-12-7)10(11)9-6-13-14-15(9)2/h3-6,10H,11H2,1-2H3. The Balaban J connectivity index is 2.41. The smallest absolute Gasteiger partial charge is 0.0797 e. The Morgan fingerprint density at radius 2 is 2.27 bits per heavy atom. The number of pyridine rings is 1. The Labute approximate surface area is 87.9 Å². The molecule has 0 aliphatic heterocycles. The lowest BCUT2D eigenvalue weighted by Crippen LogP contribution is -2.17. The first-order valence-electron chi connectivity index (χ1n) is 4.72. The highest BCUT2D eigenvalue weighted by Gasteiger charge is 2.15. The molecule has 2 aromatic heterocycles. The zero-order chi connectivity index (χ0) is 10.8. The van der Waals surface area contributed by atoms with Gasteiger partial charge >= 0.3 is 0 Å². The maximum Gasteiger partial charge on any atom is 0.0797 e. The number of hydrogen-bond donors (Lipinski definition) is 1. The fourth-order valence-corrected chi connectivity index (χ4v) is 1.56. The molecule has 5 heteroatoms. The highest BCUT2D eigenvalue weighted by molar-refractivity contribution is 5.28. The molecule has 5 nitrogen and oxygen atoms in total. The summed E-state index contributed by atoms with van der Waals surface area (Å²) in [5, 5.41) is 7.67. The summed E-state index contributed by atoms with van der Waals surface area (Å²) in [7, 11) is 1.83. The average Bonchev–Trinajstić information content (AvgIpc) is 2.64. The number of nitrogens with zero attached hydrogens (tertiary/aromatic N) is 4. The molecule has 78 valence electrons. The number of rotatable bonds is 2. The largest absolute Gasteiger partial charge is 0.319 e. The van der Waals surface area contributed by atoms with E-state index in [1.165, 1.54) is 0 Å². The highest BCUT2D eigenvalue weighted by atomic mass is 15.4. The van der Waals surface area contributed by atoms with Crippen molar-refractivity contribution in [2.75, 3.05) is 0 Å². The molecular formula is C10H13N5. The minimum absolute atomic E-state index is 0.223. The van der Waals surface area contributed by atoms with Gasteiger partial charge in [0, 0.05) is 18.9 Å². The van der Waals surface area contributed by atoms with Crippen LogP contribution in [0.2, 0.25) is 0 Å². The Morgan fingerprint density at radius 3 is 2.87 bits per heavy atom. The number of aryl methyl sites for hydroxylation is 2. The van der Waals surface area contributed by atoms with Crippen molar-refractivity contribution in [3.05, 3.63) is 41.5 Å². The van der Waals surface area contributed by atoms with Crippen LogP contribution in [0, 0.1) is 6.92 Å². The molecule has 0 spiro atoms. The molecule has 0 radical (unpaired) electrons. The van der Waals surface area contributed by atoms with Crippen molar-refractivity contribution in [2.24, 2.45) is 12.8 Å². The Morgan fingerprint density at radius 1 is 1.47 bits per heavy atom. The van der Waals surface area contributed by atoms with Crippen LogP contribution in [0.25, 0.3) is 0 Å². The second-order valence-electron chi connectivity index (χ2n) is 3.44. The molecule has 0 saturated heterocycles. The third-order valence-corrected chi connectivity index (χ3v) is 2.45. The van der Waals surface area contributed by atoms with E-state index in [1.807, 2.05) is 26.1 Å². The quantitative estimate of drug-likeness (QED) is 0.774. The lowest BCUT2D eigenvalue weighted by molar-refractivity contribution is 0.648. The summed E-state index contributed by atoms with van der Waals surface area (Å²) >= 11 is 0. The van der Waals surface area contributed by atoms with Crippen molar-refractivity contribution in [1.29, 1.82) is 0 Å². The predicted octanol–water partition coefficient (Wildman–Crippen LogP) is 0.567. The molecule has 1 unspecified atom stereocenters. The van der Waals surface area contributed by atoms with Gasteiger partial charge in [-0.1, -0.05) is 11.3 Å². The average molecular weight is 203 g/mol. The van der Waals surface area contributed by atoms with Gasteiger partial charge in [-0.05, 0) is 18.6 Å². The van der Waals surface area contributed by atoms with Crippen molar-refractivity contribution in [3.63, 3.8) is 0 Å². The molecule has 2 rings (SSSR count). The Bertz CT molecular complexity index is 462. The van der Waals surface area contributed by atoms with Crippen molar-refractivity contribution >= 4 is 0 Å². The lowest BCUT2D eigenvalue weighted by Gasteiger charge is -2.13. The van der Waals surface area contributed by atoms with Gasteiger partial charge in [-0.25, -0.2) is 0 Å². The van der Waals surface area contributed by atoms with Crippen LogP contribution in [0.5, 0.6) is 0 Å². The first kappa shape index (κ1) is 9.79. The van der Waals surface area contributed by atoms with Crippen molar-refractivity contribution in [1.82, 2.24) is 20.0 Å². The van der Waals surface area contributed by atoms with E-state index in [9.17, 15) is 0 Å².